The van der Waals surface area contributed by atoms with E-state index in [2.05, 4.69) is 10.2 Å². The maximum absolute atomic E-state index is 13.3. The van der Waals surface area contributed by atoms with Gasteiger partial charge in [-0.05, 0) is 51.2 Å². The molecule has 1 amide bonds. The van der Waals surface area contributed by atoms with Gasteiger partial charge in [0, 0.05) is 41.8 Å². The Balaban J connectivity index is 1.54. The van der Waals surface area contributed by atoms with Gasteiger partial charge in [-0.1, -0.05) is 18.2 Å². The van der Waals surface area contributed by atoms with E-state index in [0.717, 1.165) is 40.9 Å². The number of fused-ring (bicyclic) bond motifs is 2. The maximum atomic E-state index is 13.3. The molecular formula is C25H27N3O4. The number of ether oxygens (including phenoxy) is 2. The van der Waals surface area contributed by atoms with Gasteiger partial charge >= 0.3 is 5.97 Å². The highest BCUT2D eigenvalue weighted by Crippen LogP contribution is 2.28. The van der Waals surface area contributed by atoms with Gasteiger partial charge in [-0.3, -0.25) is 9.78 Å². The molecule has 1 unspecified atom stereocenters. The number of benzene rings is 2. The van der Waals surface area contributed by atoms with Crippen molar-refractivity contribution in [1.82, 2.24) is 9.88 Å². The highest BCUT2D eigenvalue weighted by molar-refractivity contribution is 6.06. The zero-order valence-corrected chi connectivity index (χ0v) is 18.6. The first-order valence-electron chi connectivity index (χ1n) is 10.8. The number of aromatic nitrogens is 1. The van der Waals surface area contributed by atoms with Crippen molar-refractivity contribution in [2.75, 3.05) is 25.5 Å². The Morgan fingerprint density at radius 3 is 2.66 bits per heavy atom. The van der Waals surface area contributed by atoms with Crippen LogP contribution in [-0.2, 0) is 22.5 Å². The van der Waals surface area contributed by atoms with E-state index in [1.807, 2.05) is 38.2 Å². The van der Waals surface area contributed by atoms with Gasteiger partial charge in [0.1, 0.15) is 5.75 Å². The Morgan fingerprint density at radius 2 is 1.91 bits per heavy atom. The summed E-state index contributed by atoms with van der Waals surface area (Å²) in [5.41, 5.74) is 3.66. The molecule has 0 fully saturated rings. The second-order valence-corrected chi connectivity index (χ2v) is 7.91. The zero-order chi connectivity index (χ0) is 22.7. The van der Waals surface area contributed by atoms with Gasteiger partial charge < -0.3 is 19.7 Å². The lowest BCUT2D eigenvalue weighted by Gasteiger charge is -2.27. The third-order valence-corrected chi connectivity index (χ3v) is 5.53. The molecular weight excluding hydrogens is 406 g/mol. The summed E-state index contributed by atoms with van der Waals surface area (Å²) in [4.78, 5) is 32.8. The van der Waals surface area contributed by atoms with Gasteiger partial charge in [0.25, 0.3) is 5.91 Å². The predicted molar refractivity (Wildman–Crippen MR) is 123 cm³/mol. The Bertz CT molecular complexity index is 1140. The highest BCUT2D eigenvalue weighted by Gasteiger charge is 2.27. The Labute approximate surface area is 187 Å². The molecule has 0 aliphatic carbocycles. The fraction of sp³-hybridized carbons (Fsp3) is 0.320. The van der Waals surface area contributed by atoms with Crippen molar-refractivity contribution in [3.8, 4) is 5.75 Å². The fourth-order valence-electron chi connectivity index (χ4n) is 3.88. The molecule has 7 nitrogen and oxygen atoms in total. The molecule has 0 spiro atoms. The predicted octanol–water partition coefficient (Wildman–Crippen LogP) is 3.81. The first-order chi connectivity index (χ1) is 15.5. The number of amides is 1. The maximum Gasteiger partial charge on any atom is 0.339 e. The number of carbonyl (C=O) groups is 2. The lowest BCUT2D eigenvalue weighted by molar-refractivity contribution is -0.123. The molecule has 0 saturated heterocycles. The monoisotopic (exact) mass is 433 g/mol. The number of anilines is 1. The van der Waals surface area contributed by atoms with Crippen molar-refractivity contribution in [3.05, 3.63) is 65.4 Å². The number of pyridine rings is 1. The van der Waals surface area contributed by atoms with Gasteiger partial charge in [-0.15, -0.1) is 0 Å². The highest BCUT2D eigenvalue weighted by atomic mass is 16.5. The topological polar surface area (TPSA) is 80.8 Å². The number of rotatable bonds is 6. The number of carbonyl (C=O) groups excluding carboxylic acids is 2. The van der Waals surface area contributed by atoms with Crippen molar-refractivity contribution in [2.24, 2.45) is 0 Å². The fourth-order valence-corrected chi connectivity index (χ4v) is 3.88. The number of nitrogens with zero attached hydrogens (tertiary/aromatic N) is 2. The van der Waals surface area contributed by atoms with Crippen molar-refractivity contribution in [1.29, 1.82) is 0 Å². The van der Waals surface area contributed by atoms with Crippen LogP contribution in [0.5, 0.6) is 5.75 Å². The van der Waals surface area contributed by atoms with Crippen molar-refractivity contribution >= 4 is 28.5 Å². The van der Waals surface area contributed by atoms with Gasteiger partial charge in [0.15, 0.2) is 6.10 Å². The van der Waals surface area contributed by atoms with Crippen LogP contribution in [0.25, 0.3) is 10.9 Å². The van der Waals surface area contributed by atoms with E-state index < -0.39 is 18.0 Å². The van der Waals surface area contributed by atoms with E-state index in [1.54, 1.807) is 31.2 Å². The van der Waals surface area contributed by atoms with Crippen LogP contribution in [-0.4, -0.2) is 48.1 Å². The summed E-state index contributed by atoms with van der Waals surface area (Å²) in [6.07, 6.45) is -0.192. The van der Waals surface area contributed by atoms with Crippen LogP contribution >= 0.6 is 0 Å². The molecule has 1 aliphatic rings. The summed E-state index contributed by atoms with van der Waals surface area (Å²) in [6.45, 7) is 5.55. The normalized spacial score (nSPS) is 14.5. The molecule has 1 N–H and O–H groups in total. The van der Waals surface area contributed by atoms with Crippen LogP contribution in [0.3, 0.4) is 0 Å². The Morgan fingerprint density at radius 1 is 1.16 bits per heavy atom. The third kappa shape index (κ3) is 4.57. The van der Waals surface area contributed by atoms with E-state index in [9.17, 15) is 9.59 Å². The summed E-state index contributed by atoms with van der Waals surface area (Å²) < 4.78 is 11.0. The summed E-state index contributed by atoms with van der Waals surface area (Å²) in [5.74, 6) is -0.180. The number of esters is 1. The summed E-state index contributed by atoms with van der Waals surface area (Å²) in [6, 6.07) is 14.6. The average Bonchev–Trinajstić information content (AvgIpc) is 2.78. The molecule has 2 heterocycles. The van der Waals surface area contributed by atoms with Crippen LogP contribution in [0.15, 0.2) is 48.5 Å². The minimum Gasteiger partial charge on any atom is -0.494 e. The molecule has 1 aliphatic heterocycles. The summed E-state index contributed by atoms with van der Waals surface area (Å²) >= 11 is 0. The first-order valence-corrected chi connectivity index (χ1v) is 10.8. The van der Waals surface area contributed by atoms with Crippen molar-refractivity contribution in [2.45, 2.75) is 32.9 Å². The molecule has 32 heavy (non-hydrogen) atoms. The van der Waals surface area contributed by atoms with E-state index in [-0.39, 0.29) is 0 Å². The van der Waals surface area contributed by atoms with Gasteiger partial charge in [0.2, 0.25) is 0 Å². The van der Waals surface area contributed by atoms with Crippen LogP contribution < -0.4 is 10.1 Å². The van der Waals surface area contributed by atoms with E-state index >= 15 is 0 Å². The van der Waals surface area contributed by atoms with Gasteiger partial charge in [-0.2, -0.15) is 0 Å². The van der Waals surface area contributed by atoms with Crippen LogP contribution in [0.1, 0.15) is 35.5 Å². The largest absolute Gasteiger partial charge is 0.494 e. The van der Waals surface area contributed by atoms with E-state index in [4.69, 9.17) is 14.5 Å². The minimum atomic E-state index is -0.960. The van der Waals surface area contributed by atoms with E-state index in [1.165, 1.54) is 0 Å². The SMILES string of the molecule is CCOc1ccc(NC(=O)C(C)OC(=O)c2c3c(nc4ccccc24)CCN(C)C3)cc1. The molecule has 7 heteroatoms. The minimum absolute atomic E-state index is 0.396. The van der Waals surface area contributed by atoms with Gasteiger partial charge in [0.05, 0.1) is 17.7 Å². The first kappa shape index (κ1) is 21.8. The molecule has 0 radical (unpaired) electrons. The van der Waals surface area contributed by atoms with Crippen LogP contribution in [0.4, 0.5) is 5.69 Å². The second-order valence-electron chi connectivity index (χ2n) is 7.91. The second kappa shape index (κ2) is 9.36. The quantitative estimate of drug-likeness (QED) is 0.596. The lowest BCUT2D eigenvalue weighted by atomic mass is 9.96. The summed E-state index contributed by atoms with van der Waals surface area (Å²) in [7, 11) is 2.01. The molecule has 4 rings (SSSR count). The van der Waals surface area contributed by atoms with Crippen molar-refractivity contribution in [3.63, 3.8) is 0 Å². The molecule has 0 bridgehead atoms. The Hall–Kier alpha value is -3.45. The summed E-state index contributed by atoms with van der Waals surface area (Å²) in [5, 5.41) is 3.52. The Kier molecular flexibility index (Phi) is 6.37. The number of para-hydroxylation sites is 1. The van der Waals surface area contributed by atoms with Crippen molar-refractivity contribution < 1.29 is 19.1 Å². The molecule has 2 aromatic carbocycles. The molecule has 166 valence electrons. The number of likely N-dealkylation sites (N-methyl/N-ethyl adjacent to an activating group) is 1. The zero-order valence-electron chi connectivity index (χ0n) is 18.6. The number of hydrogen-bond acceptors (Lipinski definition) is 6. The number of hydrogen-bond donors (Lipinski definition) is 1. The smallest absolute Gasteiger partial charge is 0.339 e. The number of nitrogens with one attached hydrogen (secondary N) is 1. The standard InChI is InChI=1S/C25H27N3O4/c1-4-31-18-11-9-17(10-12-18)26-24(29)16(2)32-25(30)23-19-7-5-6-8-21(19)27-22-13-14-28(3)15-20(22)23/h5-12,16H,4,13-15H2,1-3H3,(H,26,29). The third-order valence-electron chi connectivity index (χ3n) is 5.53. The molecule has 3 aromatic rings. The molecule has 1 atom stereocenters. The van der Waals surface area contributed by atoms with Crippen LogP contribution in [0.2, 0.25) is 0 Å². The molecule has 0 saturated carbocycles. The lowest BCUT2D eigenvalue weighted by Crippen LogP contribution is -2.32. The van der Waals surface area contributed by atoms with E-state index in [0.29, 0.717) is 24.4 Å². The van der Waals surface area contributed by atoms with Gasteiger partial charge in [-0.25, -0.2) is 4.79 Å². The molecule has 1 aromatic heterocycles. The van der Waals surface area contributed by atoms with Crippen LogP contribution in [0, 0.1) is 0 Å². The average molecular weight is 434 g/mol.